The van der Waals surface area contributed by atoms with E-state index in [0.717, 1.165) is 30.6 Å². The molecule has 0 spiro atoms. The number of ether oxygens (including phenoxy) is 1. The molecule has 4 aromatic rings. The third kappa shape index (κ3) is 7.88. The maximum atomic E-state index is 13.5. The first kappa shape index (κ1) is 32.4. The Morgan fingerprint density at radius 1 is 1.21 bits per heavy atom. The monoisotopic (exact) mass is 663 g/mol. The second-order valence-corrected chi connectivity index (χ2v) is 13.7. The van der Waals surface area contributed by atoms with E-state index in [2.05, 4.69) is 31.9 Å². The lowest BCUT2D eigenvalue weighted by molar-refractivity contribution is -0.133. The predicted molar refractivity (Wildman–Crippen MR) is 171 cm³/mol. The summed E-state index contributed by atoms with van der Waals surface area (Å²) in [6, 6.07) is 9.12. The van der Waals surface area contributed by atoms with Crippen molar-refractivity contribution in [3.05, 3.63) is 54.6 Å². The lowest BCUT2D eigenvalue weighted by Gasteiger charge is -2.33. The number of piperidine rings is 1. The number of anilines is 1. The summed E-state index contributed by atoms with van der Waals surface area (Å²) in [6.07, 6.45) is 9.76. The van der Waals surface area contributed by atoms with E-state index < -0.39 is 17.9 Å². The van der Waals surface area contributed by atoms with Gasteiger partial charge in [0, 0.05) is 60.0 Å². The van der Waals surface area contributed by atoms with Gasteiger partial charge in [-0.1, -0.05) is 0 Å². The molecule has 246 valence electrons. The maximum Gasteiger partial charge on any atom is 0.387 e. The van der Waals surface area contributed by atoms with E-state index in [1.807, 2.05) is 13.8 Å². The fourth-order valence-electron chi connectivity index (χ4n) is 5.32. The molecule has 0 bridgehead atoms. The number of nitriles is 1. The number of alkyl halides is 2. The molecule has 6 rings (SSSR count). The van der Waals surface area contributed by atoms with Crippen molar-refractivity contribution < 1.29 is 23.1 Å². The Morgan fingerprint density at radius 2 is 2.00 bits per heavy atom. The topological polar surface area (TPSA) is 142 Å². The van der Waals surface area contributed by atoms with E-state index in [9.17, 15) is 23.6 Å². The number of benzene rings is 1. The van der Waals surface area contributed by atoms with Gasteiger partial charge >= 0.3 is 6.61 Å². The molecular weight excluding hydrogens is 628 g/mol. The Balaban J connectivity index is 1.26. The van der Waals surface area contributed by atoms with Crippen LogP contribution < -0.4 is 15.4 Å². The van der Waals surface area contributed by atoms with Gasteiger partial charge in [0.15, 0.2) is 5.65 Å². The molecular formula is C32H35F2N9O3S. The molecule has 1 aliphatic heterocycles. The van der Waals surface area contributed by atoms with Gasteiger partial charge in [0.1, 0.15) is 23.6 Å². The van der Waals surface area contributed by atoms with Crippen LogP contribution in [0, 0.1) is 16.7 Å². The van der Waals surface area contributed by atoms with Crippen molar-refractivity contribution in [2.45, 2.75) is 68.9 Å². The van der Waals surface area contributed by atoms with Crippen molar-refractivity contribution in [1.29, 1.82) is 5.26 Å². The van der Waals surface area contributed by atoms with Gasteiger partial charge in [-0.05, 0) is 63.8 Å². The van der Waals surface area contributed by atoms with E-state index in [1.165, 1.54) is 27.7 Å². The molecule has 4 heterocycles. The van der Waals surface area contributed by atoms with E-state index in [4.69, 9.17) is 4.74 Å². The largest absolute Gasteiger partial charge is 0.434 e. The quantitative estimate of drug-likeness (QED) is 0.218. The van der Waals surface area contributed by atoms with Crippen LogP contribution in [-0.4, -0.2) is 78.6 Å². The Kier molecular flexibility index (Phi) is 9.42. The van der Waals surface area contributed by atoms with E-state index in [-0.39, 0.29) is 46.8 Å². The first-order valence-electron chi connectivity index (χ1n) is 15.4. The molecule has 1 saturated heterocycles. The zero-order chi connectivity index (χ0) is 33.1. The summed E-state index contributed by atoms with van der Waals surface area (Å²) in [5.41, 5.74) is 0.740. The van der Waals surface area contributed by atoms with Crippen LogP contribution in [0.4, 0.5) is 14.5 Å². The fraction of sp³-hybridized carbons (Fsp3) is 0.438. The zero-order valence-corrected chi connectivity index (χ0v) is 26.8. The molecule has 47 heavy (non-hydrogen) atoms. The van der Waals surface area contributed by atoms with Crippen LogP contribution in [0.25, 0.3) is 16.9 Å². The summed E-state index contributed by atoms with van der Waals surface area (Å²) in [5.74, 6) is -0.791. The Morgan fingerprint density at radius 3 is 2.72 bits per heavy atom. The van der Waals surface area contributed by atoms with Gasteiger partial charge < -0.3 is 20.3 Å². The Bertz CT molecular complexity index is 1810. The summed E-state index contributed by atoms with van der Waals surface area (Å²) >= 11 is 1.64. The van der Waals surface area contributed by atoms with Crippen molar-refractivity contribution in [1.82, 2.24) is 34.6 Å². The van der Waals surface area contributed by atoms with Crippen molar-refractivity contribution in [3.8, 4) is 23.1 Å². The Labute approximate surface area is 274 Å². The third-order valence-electron chi connectivity index (χ3n) is 8.06. The summed E-state index contributed by atoms with van der Waals surface area (Å²) in [4.78, 5) is 33.8. The van der Waals surface area contributed by atoms with E-state index in [0.29, 0.717) is 30.5 Å². The highest BCUT2D eigenvalue weighted by atomic mass is 32.2. The van der Waals surface area contributed by atoms with E-state index >= 15 is 0 Å². The molecule has 12 nitrogen and oxygen atoms in total. The van der Waals surface area contributed by atoms with Gasteiger partial charge in [0.05, 0.1) is 23.4 Å². The molecule has 15 heteroatoms. The number of hydrogen-bond acceptors (Lipinski definition) is 9. The number of nitrogens with zero attached hydrogens (tertiary/aromatic N) is 7. The van der Waals surface area contributed by atoms with E-state index in [1.54, 1.807) is 47.3 Å². The molecule has 1 aliphatic carbocycles. The number of nitrogens with one attached hydrogen (secondary N) is 2. The van der Waals surface area contributed by atoms with Crippen molar-refractivity contribution >= 4 is 34.9 Å². The van der Waals surface area contributed by atoms with Gasteiger partial charge in [-0.15, -0.1) is 11.8 Å². The van der Waals surface area contributed by atoms with Crippen LogP contribution >= 0.6 is 11.8 Å². The lowest BCUT2D eigenvalue weighted by atomic mass is 9.94. The molecule has 0 atom stereocenters. The minimum atomic E-state index is -3.08. The highest BCUT2D eigenvalue weighted by Crippen LogP contribution is 2.43. The number of fused-ring (bicyclic) bond motifs is 1. The number of rotatable bonds is 12. The highest BCUT2D eigenvalue weighted by Gasteiger charge is 2.28. The van der Waals surface area contributed by atoms with Crippen molar-refractivity contribution in [2.75, 3.05) is 25.0 Å². The molecule has 1 saturated carbocycles. The summed E-state index contributed by atoms with van der Waals surface area (Å²) in [7, 11) is 0. The number of halogens is 2. The van der Waals surface area contributed by atoms with Crippen LogP contribution in [0.15, 0.2) is 53.9 Å². The fourth-order valence-corrected chi connectivity index (χ4v) is 6.41. The SMILES string of the molecule is CC(C)(C#N)CNC1CCN(C(=O)Cn2cc(NC(=O)c3cnn4cccnc34)c(-c3cc(SC4CC4)ccc3OC(F)F)n2)CC1. The smallest absolute Gasteiger partial charge is 0.387 e. The molecule has 2 fully saturated rings. The molecule has 0 radical (unpaired) electrons. The molecule has 2 amide bonds. The average molecular weight is 664 g/mol. The van der Waals surface area contributed by atoms with Crippen LogP contribution in [0.3, 0.4) is 0 Å². The van der Waals surface area contributed by atoms with Gasteiger partial charge in [-0.2, -0.15) is 24.2 Å². The van der Waals surface area contributed by atoms with Gasteiger partial charge in [-0.3, -0.25) is 14.3 Å². The lowest BCUT2D eigenvalue weighted by Crippen LogP contribution is -2.47. The van der Waals surface area contributed by atoms with Gasteiger partial charge in [0.2, 0.25) is 5.91 Å². The third-order valence-corrected chi connectivity index (χ3v) is 9.39. The van der Waals surface area contributed by atoms with Crippen molar-refractivity contribution in [3.63, 3.8) is 0 Å². The molecule has 3 aromatic heterocycles. The summed E-state index contributed by atoms with van der Waals surface area (Å²) < 4.78 is 34.8. The minimum absolute atomic E-state index is 0.0981. The zero-order valence-electron chi connectivity index (χ0n) is 26.0. The van der Waals surface area contributed by atoms with Crippen LogP contribution in [0.5, 0.6) is 5.75 Å². The molecule has 2 aliphatic rings. The molecule has 2 N–H and O–H groups in total. The van der Waals surface area contributed by atoms with Gasteiger partial charge in [0.25, 0.3) is 5.91 Å². The second kappa shape index (κ2) is 13.7. The highest BCUT2D eigenvalue weighted by molar-refractivity contribution is 8.00. The predicted octanol–water partition coefficient (Wildman–Crippen LogP) is 4.83. The standard InChI is InChI=1S/C32H35F2N9O3S/c1-32(2,18-35)19-37-20-8-12-41(13-9-20)27(44)17-42-16-25(39-30(45)24-15-38-43-11-3-10-36-29(24)43)28(40-42)23-14-22(47-21-4-5-21)6-7-26(23)46-31(33)34/h3,6-7,10-11,14-16,20-21,31,37H,4-5,8-9,12-13,17,19H2,1-2H3,(H,39,45). The number of carbonyl (C=O) groups excluding carboxylic acids is 2. The van der Waals surface area contributed by atoms with Crippen LogP contribution in [0.2, 0.25) is 0 Å². The number of amides is 2. The number of likely N-dealkylation sites (tertiary alicyclic amines) is 1. The number of thioether (sulfide) groups is 1. The first-order chi connectivity index (χ1) is 22.6. The van der Waals surface area contributed by atoms with Crippen LogP contribution in [-0.2, 0) is 11.3 Å². The number of aromatic nitrogens is 5. The van der Waals surface area contributed by atoms with Crippen molar-refractivity contribution in [2.24, 2.45) is 5.41 Å². The molecule has 1 aromatic carbocycles. The van der Waals surface area contributed by atoms with Crippen LogP contribution in [0.1, 0.15) is 49.9 Å². The van der Waals surface area contributed by atoms with Gasteiger partial charge in [-0.25, -0.2) is 9.50 Å². The first-order valence-corrected chi connectivity index (χ1v) is 16.3. The Hall–Kier alpha value is -4.55. The average Bonchev–Trinajstić information content (AvgIpc) is 3.62. The maximum absolute atomic E-state index is 13.5. The normalized spacial score (nSPS) is 15.6. The minimum Gasteiger partial charge on any atom is -0.434 e. The summed E-state index contributed by atoms with van der Waals surface area (Å²) in [6.45, 7) is 2.20. The number of hydrogen-bond donors (Lipinski definition) is 2. The number of carbonyl (C=O) groups is 2. The summed E-state index contributed by atoms with van der Waals surface area (Å²) in [5, 5.41) is 24.8. The second-order valence-electron chi connectivity index (χ2n) is 12.4. The molecule has 0 unspecified atom stereocenters.